The Balaban J connectivity index is 1.77. The van der Waals surface area contributed by atoms with Crippen LogP contribution in [0.2, 0.25) is 0 Å². The highest BCUT2D eigenvalue weighted by atomic mass is 16.5. The molecule has 12 atom stereocenters. The van der Waals surface area contributed by atoms with E-state index in [1.165, 1.54) is 14.2 Å². The number of rotatable bonds is 41. The maximum absolute atomic E-state index is 14.8. The van der Waals surface area contributed by atoms with Gasteiger partial charge >= 0.3 is 11.9 Å². The Kier molecular flexibility index (Phi) is 33.8. The lowest BCUT2D eigenvalue weighted by Gasteiger charge is -2.41. The molecule has 2 unspecified atom stereocenters. The second-order valence-electron chi connectivity index (χ2n) is 27.4. The number of carbonyl (C=O) groups excluding carboxylic acids is 10. The summed E-state index contributed by atoms with van der Waals surface area (Å²) >= 11 is 0. The Morgan fingerprint density at radius 1 is 0.734 bits per heavy atom. The smallest absolute Gasteiger partial charge is 0.326 e. The van der Waals surface area contributed by atoms with Gasteiger partial charge < -0.3 is 61.0 Å². The number of benzene rings is 1. The zero-order valence-electron chi connectivity index (χ0n) is 58.8. The number of hydrogen-bond donors (Lipinski definition) is 7. The van der Waals surface area contributed by atoms with Crippen molar-refractivity contribution in [2.75, 3.05) is 68.1 Å². The Morgan fingerprint density at radius 3 is 1.90 bits per heavy atom. The second-order valence-corrected chi connectivity index (χ2v) is 27.4. The molecule has 0 radical (unpaired) electrons. The normalized spacial score (nSPS) is 18.3. The second kappa shape index (κ2) is 39.1. The van der Waals surface area contributed by atoms with Crippen LogP contribution >= 0.6 is 0 Å². The quantitative estimate of drug-likeness (QED) is 0.0360. The number of amides is 10. The van der Waals surface area contributed by atoms with Crippen molar-refractivity contribution in [3.05, 3.63) is 35.9 Å². The van der Waals surface area contributed by atoms with Gasteiger partial charge in [0.15, 0.2) is 0 Å². The summed E-state index contributed by atoms with van der Waals surface area (Å²) in [4.78, 5) is 169. The van der Waals surface area contributed by atoms with Gasteiger partial charge in [0.1, 0.15) is 24.2 Å². The molecule has 7 N–H and O–H groups in total. The first-order valence-corrected chi connectivity index (χ1v) is 33.5. The third-order valence-electron chi connectivity index (χ3n) is 18.2. The minimum absolute atomic E-state index is 0.0593. The average Bonchev–Trinajstić information content (AvgIpc) is 1.33. The topological polar surface area (TPSA) is 340 Å². The minimum atomic E-state index is -1.56. The van der Waals surface area contributed by atoms with Crippen molar-refractivity contribution in [2.45, 2.75) is 221 Å². The number of hydrogen-bond acceptors (Lipinski definition) is 15. The molecule has 2 aliphatic rings. The summed E-state index contributed by atoms with van der Waals surface area (Å²) in [6.45, 7) is 22.1. The number of nitrogens with zero attached hydrogens (tertiary/aromatic N) is 5. The summed E-state index contributed by atoms with van der Waals surface area (Å²) in [7, 11) is 8.27. The highest BCUT2D eigenvalue weighted by molar-refractivity contribution is 6.03. The van der Waals surface area contributed by atoms with Crippen LogP contribution in [0.4, 0.5) is 0 Å². The van der Waals surface area contributed by atoms with Gasteiger partial charge in [0.2, 0.25) is 59.1 Å². The fourth-order valence-corrected chi connectivity index (χ4v) is 12.6. The number of nitrogens with one attached hydrogen (secondary N) is 5. The molecule has 530 valence electrons. The number of unbranched alkanes of at least 4 members (excludes halogenated alkanes) is 2. The first-order valence-electron chi connectivity index (χ1n) is 33.5. The molecule has 26 heteroatoms. The van der Waals surface area contributed by atoms with Crippen LogP contribution in [-0.2, 0) is 73.4 Å². The summed E-state index contributed by atoms with van der Waals surface area (Å²) in [5, 5.41) is 33.3. The van der Waals surface area contributed by atoms with Crippen molar-refractivity contribution >= 4 is 71.0 Å². The molecule has 94 heavy (non-hydrogen) atoms. The molecule has 0 aliphatic carbocycles. The van der Waals surface area contributed by atoms with Crippen LogP contribution < -0.4 is 26.6 Å². The Bertz CT molecular complexity index is 2710. The molecule has 0 saturated carbocycles. The van der Waals surface area contributed by atoms with E-state index >= 15 is 0 Å². The predicted octanol–water partition coefficient (Wildman–Crippen LogP) is 4.01. The summed E-state index contributed by atoms with van der Waals surface area (Å²) in [6.07, 6.45) is 0.561. The van der Waals surface area contributed by atoms with Crippen LogP contribution in [0, 0.1) is 35.0 Å². The highest BCUT2D eigenvalue weighted by Crippen LogP contribution is 2.30. The molecule has 2 fully saturated rings. The fourth-order valence-electron chi connectivity index (χ4n) is 12.6. The largest absolute Gasteiger partial charge is 0.481 e. The Labute approximate surface area is 556 Å². The van der Waals surface area contributed by atoms with E-state index in [2.05, 4.69) is 26.6 Å². The van der Waals surface area contributed by atoms with Crippen molar-refractivity contribution in [1.29, 1.82) is 0 Å². The standard InChI is InChI=1S/C68H112N10O16/c1-17-43(6)58(76(14)65(89)56(41(2)3)73-63(87)57(42(4)5)74(12)34-23-24-35-75(13)67(92)68(9,10)11)51(93-15)40-54(81)77-36-25-29-50(77)59(94-16)45(8)60(84)72-49(39-46-26-19-18-20-27-46)62(86)70-47(30-31-55(82)83)61(85)71-48(66(90)91)28-21-22-33-69-52(79)32-37-78-53(80)38-44(7)64(78)88/h18-20,26-27,41-45,47-51,56-59H,17,21-25,28-40H2,1-16H3,(H,69,79)(H,70,86)(H,71,85)(H,72,84)(H,73,87)(H,82,83)(H,90,91)/t43-,44?,45+,47-,48-,49?,50-,51+,56-,57-,58-,59+/m0/s1. The third-order valence-corrected chi connectivity index (χ3v) is 18.2. The van der Waals surface area contributed by atoms with Gasteiger partial charge in [-0.05, 0) is 88.3 Å². The van der Waals surface area contributed by atoms with E-state index in [0.717, 1.165) is 17.7 Å². The molecule has 10 amide bonds. The molecule has 26 nitrogen and oxygen atoms in total. The lowest BCUT2D eigenvalue weighted by atomic mass is 9.89. The number of carbonyl (C=O) groups is 12. The van der Waals surface area contributed by atoms with Crippen LogP contribution in [0.1, 0.15) is 165 Å². The molecule has 0 spiro atoms. The number of likely N-dealkylation sites (N-methyl/N-ethyl adjacent to an activating group) is 2. The minimum Gasteiger partial charge on any atom is -0.481 e. The van der Waals surface area contributed by atoms with E-state index < -0.39 is 120 Å². The van der Waals surface area contributed by atoms with Crippen LogP contribution in [0.15, 0.2) is 30.3 Å². The third kappa shape index (κ3) is 24.6. The average molecular weight is 1330 g/mol. The first kappa shape index (κ1) is 81.2. The zero-order chi connectivity index (χ0) is 70.9. The molecule has 1 aromatic rings. The number of imide groups is 1. The Hall–Kier alpha value is -7.06. The lowest BCUT2D eigenvalue weighted by Crippen LogP contribution is -2.60. The van der Waals surface area contributed by atoms with Crippen molar-refractivity contribution in [1.82, 2.24) is 51.1 Å². The summed E-state index contributed by atoms with van der Waals surface area (Å²) in [5.74, 6) is -9.17. The van der Waals surface area contributed by atoms with Gasteiger partial charge in [0.25, 0.3) is 0 Å². The van der Waals surface area contributed by atoms with Gasteiger partial charge in [0, 0.05) is 91.5 Å². The molecule has 1 aromatic carbocycles. The molecule has 0 aromatic heterocycles. The zero-order valence-corrected chi connectivity index (χ0v) is 58.8. The van der Waals surface area contributed by atoms with Crippen molar-refractivity contribution in [3.63, 3.8) is 0 Å². The number of carboxylic acids is 2. The first-order chi connectivity index (χ1) is 44.1. The number of likely N-dealkylation sites (tertiary alicyclic amines) is 2. The van der Waals surface area contributed by atoms with E-state index in [-0.39, 0.29) is 105 Å². The van der Waals surface area contributed by atoms with Gasteiger partial charge in [-0.25, -0.2) is 4.79 Å². The van der Waals surface area contributed by atoms with Crippen LogP contribution in [-0.4, -0.2) is 228 Å². The van der Waals surface area contributed by atoms with Gasteiger partial charge in [-0.15, -0.1) is 0 Å². The fraction of sp³-hybridized carbons (Fsp3) is 0.735. The van der Waals surface area contributed by atoms with Gasteiger partial charge in [0.05, 0.1) is 42.7 Å². The van der Waals surface area contributed by atoms with Crippen molar-refractivity contribution in [2.24, 2.45) is 35.0 Å². The predicted molar refractivity (Wildman–Crippen MR) is 353 cm³/mol. The van der Waals surface area contributed by atoms with Crippen LogP contribution in [0.3, 0.4) is 0 Å². The molecular weight excluding hydrogens is 1210 g/mol. The molecule has 0 bridgehead atoms. The Morgan fingerprint density at radius 2 is 1.35 bits per heavy atom. The summed E-state index contributed by atoms with van der Waals surface area (Å²) < 4.78 is 12.2. The van der Waals surface area contributed by atoms with E-state index in [1.807, 2.05) is 74.3 Å². The summed E-state index contributed by atoms with van der Waals surface area (Å²) in [5.41, 5.74) is 0.130. The summed E-state index contributed by atoms with van der Waals surface area (Å²) in [6, 6.07) is 1.58. The van der Waals surface area contributed by atoms with E-state index in [9.17, 15) is 67.7 Å². The monoisotopic (exact) mass is 1320 g/mol. The number of carboxylic acid groups (broad SMARTS) is 2. The number of ether oxygens (including phenoxy) is 2. The van der Waals surface area contributed by atoms with Crippen LogP contribution in [0.5, 0.6) is 0 Å². The SMILES string of the molecule is CC[C@H](C)[C@@H]([C@@H](CC(=O)N1CCC[C@H]1[C@H](OC)[C@@H](C)C(=O)NC(Cc1ccccc1)C(=O)N[C@@H](CCC(=O)O)C(=O)N[C@@H](CCCCNC(=O)CCN1C(=O)CC(C)C1=O)C(=O)O)OC)N(C)C(=O)[C@@H](NC(=O)[C@H](C(C)C)N(C)CCCCN(C)C(=O)C(C)(C)C)C(C)C. The van der Waals surface area contributed by atoms with Gasteiger partial charge in [-0.1, -0.05) is 113 Å². The molecule has 2 aliphatic heterocycles. The molecule has 2 heterocycles. The van der Waals surface area contributed by atoms with Crippen molar-refractivity contribution < 1.29 is 77.2 Å². The number of methoxy groups -OCH3 is 2. The number of aliphatic carboxylic acids is 2. The molecular formula is C68H112N10O16. The molecule has 2 saturated heterocycles. The lowest BCUT2D eigenvalue weighted by molar-refractivity contribution is -0.148. The van der Waals surface area contributed by atoms with Crippen LogP contribution in [0.25, 0.3) is 0 Å². The van der Waals surface area contributed by atoms with Gasteiger partial charge in [-0.3, -0.25) is 62.5 Å². The maximum atomic E-state index is 14.8. The maximum Gasteiger partial charge on any atom is 0.326 e. The van der Waals surface area contributed by atoms with E-state index in [0.29, 0.717) is 50.9 Å². The highest BCUT2D eigenvalue weighted by Gasteiger charge is 2.44. The van der Waals surface area contributed by atoms with E-state index in [1.54, 1.807) is 73.0 Å². The van der Waals surface area contributed by atoms with Gasteiger partial charge in [-0.2, -0.15) is 0 Å². The molecule has 3 rings (SSSR count). The van der Waals surface area contributed by atoms with E-state index in [4.69, 9.17) is 9.47 Å². The van der Waals surface area contributed by atoms with Crippen molar-refractivity contribution in [3.8, 4) is 0 Å².